The average molecular weight is 318 g/mol. The third-order valence-electron chi connectivity index (χ3n) is 4.04. The Morgan fingerprint density at radius 3 is 2.86 bits per heavy atom. The van der Waals surface area contributed by atoms with Crippen LogP contribution in [-0.4, -0.2) is 46.5 Å². The Morgan fingerprint density at radius 2 is 2.14 bits per heavy atom. The smallest absolute Gasteiger partial charge is 0.245 e. The first-order chi connectivity index (χ1) is 10.5. The topological polar surface area (TPSA) is 49.3 Å². The van der Waals surface area contributed by atoms with E-state index in [1.807, 2.05) is 11.8 Å². The number of aryl methyl sites for hydroxylation is 1. The van der Waals surface area contributed by atoms with E-state index < -0.39 is 0 Å². The first-order valence-corrected chi connectivity index (χ1v) is 8.55. The summed E-state index contributed by atoms with van der Waals surface area (Å²) >= 11 is 1.67. The molecule has 2 aromatic rings. The van der Waals surface area contributed by atoms with E-state index >= 15 is 0 Å². The zero-order valence-electron chi connectivity index (χ0n) is 13.5. The monoisotopic (exact) mass is 318 g/mol. The molecule has 1 amide bonds. The quantitative estimate of drug-likeness (QED) is 0.873. The van der Waals surface area contributed by atoms with Crippen LogP contribution in [0.25, 0.3) is 10.2 Å². The minimum Gasteiger partial charge on any atom is -0.342 e. The second kappa shape index (κ2) is 5.83. The minimum atomic E-state index is -0.175. The van der Waals surface area contributed by atoms with Gasteiger partial charge in [0.2, 0.25) is 5.91 Å². The van der Waals surface area contributed by atoms with Gasteiger partial charge in [-0.05, 0) is 25.8 Å². The standard InChI is InChI=1S/C16H22N4OS/c1-10(2)8-19-5-6-20(12(4)16(19)21)14-13-7-11(3)22-15(13)18-9-17-14/h7,9-10,12H,5-6,8H2,1-4H3. The molecule has 0 bridgehead atoms. The van der Waals surface area contributed by atoms with E-state index in [1.54, 1.807) is 17.7 Å². The number of nitrogens with zero attached hydrogens (tertiary/aromatic N) is 4. The highest BCUT2D eigenvalue weighted by atomic mass is 32.1. The van der Waals surface area contributed by atoms with Gasteiger partial charge >= 0.3 is 0 Å². The van der Waals surface area contributed by atoms with Gasteiger partial charge in [-0.2, -0.15) is 0 Å². The third-order valence-corrected chi connectivity index (χ3v) is 5.00. The molecular weight excluding hydrogens is 296 g/mol. The summed E-state index contributed by atoms with van der Waals surface area (Å²) in [6.07, 6.45) is 1.60. The molecule has 0 aromatic carbocycles. The summed E-state index contributed by atoms with van der Waals surface area (Å²) in [5.41, 5.74) is 0. The Kier molecular flexibility index (Phi) is 4.04. The molecule has 2 aromatic heterocycles. The summed E-state index contributed by atoms with van der Waals surface area (Å²) in [4.78, 5) is 27.7. The number of fused-ring (bicyclic) bond motifs is 1. The molecule has 6 heteroatoms. The Hall–Kier alpha value is -1.69. The summed E-state index contributed by atoms with van der Waals surface area (Å²) in [5, 5.41) is 1.06. The van der Waals surface area contributed by atoms with Gasteiger partial charge in [0, 0.05) is 24.5 Å². The molecule has 1 fully saturated rings. The average Bonchev–Trinajstić information content (AvgIpc) is 2.84. The number of hydrogen-bond donors (Lipinski definition) is 0. The van der Waals surface area contributed by atoms with E-state index in [0.29, 0.717) is 5.92 Å². The van der Waals surface area contributed by atoms with Crippen LogP contribution in [0.15, 0.2) is 12.4 Å². The zero-order valence-corrected chi connectivity index (χ0v) is 14.4. The number of carbonyl (C=O) groups excluding carboxylic acids is 1. The Labute approximate surface area is 135 Å². The molecule has 1 saturated heterocycles. The number of thiophene rings is 1. The predicted octanol–water partition coefficient (Wildman–Crippen LogP) is 2.69. The summed E-state index contributed by atoms with van der Waals surface area (Å²) in [5.74, 6) is 1.58. The van der Waals surface area contributed by atoms with Crippen LogP contribution in [0.1, 0.15) is 25.6 Å². The molecular formula is C16H22N4OS. The Morgan fingerprint density at radius 1 is 1.36 bits per heavy atom. The molecule has 0 radical (unpaired) electrons. The van der Waals surface area contributed by atoms with E-state index in [0.717, 1.165) is 35.7 Å². The molecule has 1 aliphatic heterocycles. The van der Waals surface area contributed by atoms with Crippen LogP contribution in [0.3, 0.4) is 0 Å². The number of piperazine rings is 1. The van der Waals surface area contributed by atoms with Crippen molar-refractivity contribution in [3.8, 4) is 0 Å². The molecule has 118 valence electrons. The molecule has 1 unspecified atom stereocenters. The fraction of sp³-hybridized carbons (Fsp3) is 0.562. The molecule has 0 aliphatic carbocycles. The van der Waals surface area contributed by atoms with Gasteiger partial charge in [0.15, 0.2) is 0 Å². The minimum absolute atomic E-state index is 0.175. The van der Waals surface area contributed by atoms with E-state index in [9.17, 15) is 4.79 Å². The van der Waals surface area contributed by atoms with Crippen molar-refractivity contribution < 1.29 is 4.79 Å². The van der Waals surface area contributed by atoms with Crippen LogP contribution in [0.2, 0.25) is 0 Å². The van der Waals surface area contributed by atoms with Crippen LogP contribution < -0.4 is 4.90 Å². The van der Waals surface area contributed by atoms with Crippen LogP contribution in [0.4, 0.5) is 5.82 Å². The SMILES string of the molecule is Cc1cc2c(N3CCN(CC(C)C)C(=O)C3C)ncnc2s1. The molecule has 1 aliphatic rings. The molecule has 3 heterocycles. The normalized spacial score (nSPS) is 19.5. The predicted molar refractivity (Wildman–Crippen MR) is 90.4 cm³/mol. The molecule has 0 spiro atoms. The van der Waals surface area contributed by atoms with E-state index in [2.05, 4.69) is 41.7 Å². The van der Waals surface area contributed by atoms with Crippen molar-refractivity contribution in [2.24, 2.45) is 5.92 Å². The van der Waals surface area contributed by atoms with Crippen LogP contribution in [0, 0.1) is 12.8 Å². The first-order valence-electron chi connectivity index (χ1n) is 7.74. The molecule has 0 N–H and O–H groups in total. The lowest BCUT2D eigenvalue weighted by Crippen LogP contribution is -2.56. The van der Waals surface area contributed by atoms with Crippen molar-refractivity contribution >= 4 is 33.3 Å². The van der Waals surface area contributed by atoms with Crippen molar-refractivity contribution in [1.82, 2.24) is 14.9 Å². The summed E-state index contributed by atoms with van der Waals surface area (Å²) in [6.45, 7) is 10.7. The third kappa shape index (κ3) is 2.67. The lowest BCUT2D eigenvalue weighted by molar-refractivity contribution is -0.134. The van der Waals surface area contributed by atoms with Crippen LogP contribution in [-0.2, 0) is 4.79 Å². The van der Waals surface area contributed by atoms with Crippen molar-refractivity contribution in [2.45, 2.75) is 33.7 Å². The fourth-order valence-electron chi connectivity index (χ4n) is 3.03. The van der Waals surface area contributed by atoms with Crippen LogP contribution in [0.5, 0.6) is 0 Å². The highest BCUT2D eigenvalue weighted by molar-refractivity contribution is 7.18. The van der Waals surface area contributed by atoms with E-state index in [1.165, 1.54) is 4.88 Å². The lowest BCUT2D eigenvalue weighted by Gasteiger charge is -2.40. The van der Waals surface area contributed by atoms with Gasteiger partial charge in [-0.3, -0.25) is 4.79 Å². The first kappa shape index (κ1) is 15.2. The number of carbonyl (C=O) groups is 1. The maximum absolute atomic E-state index is 12.6. The highest BCUT2D eigenvalue weighted by Crippen LogP contribution is 2.31. The second-order valence-electron chi connectivity index (χ2n) is 6.32. The summed E-state index contributed by atoms with van der Waals surface area (Å²) < 4.78 is 0. The van der Waals surface area contributed by atoms with Crippen molar-refractivity contribution in [3.63, 3.8) is 0 Å². The lowest BCUT2D eigenvalue weighted by atomic mass is 10.1. The van der Waals surface area contributed by atoms with Gasteiger partial charge in [0.25, 0.3) is 0 Å². The van der Waals surface area contributed by atoms with Gasteiger partial charge in [0.05, 0.1) is 5.39 Å². The van der Waals surface area contributed by atoms with Gasteiger partial charge in [-0.1, -0.05) is 13.8 Å². The molecule has 5 nitrogen and oxygen atoms in total. The number of aromatic nitrogens is 2. The zero-order chi connectivity index (χ0) is 15.9. The molecule has 22 heavy (non-hydrogen) atoms. The molecule has 1 atom stereocenters. The van der Waals surface area contributed by atoms with Gasteiger partial charge in [-0.25, -0.2) is 9.97 Å². The Balaban J connectivity index is 1.90. The molecule has 3 rings (SSSR count). The number of anilines is 1. The maximum atomic E-state index is 12.6. The van der Waals surface area contributed by atoms with Crippen LogP contribution >= 0.6 is 11.3 Å². The van der Waals surface area contributed by atoms with E-state index in [-0.39, 0.29) is 11.9 Å². The maximum Gasteiger partial charge on any atom is 0.245 e. The van der Waals surface area contributed by atoms with Gasteiger partial charge < -0.3 is 9.80 Å². The van der Waals surface area contributed by atoms with Crippen molar-refractivity contribution in [3.05, 3.63) is 17.3 Å². The van der Waals surface area contributed by atoms with Crippen molar-refractivity contribution in [2.75, 3.05) is 24.5 Å². The Bertz CT molecular complexity index is 697. The largest absolute Gasteiger partial charge is 0.342 e. The highest BCUT2D eigenvalue weighted by Gasteiger charge is 2.33. The number of rotatable bonds is 3. The number of amides is 1. The van der Waals surface area contributed by atoms with E-state index in [4.69, 9.17) is 0 Å². The fourth-order valence-corrected chi connectivity index (χ4v) is 3.88. The van der Waals surface area contributed by atoms with Gasteiger partial charge in [-0.15, -0.1) is 11.3 Å². The molecule has 0 saturated carbocycles. The second-order valence-corrected chi connectivity index (χ2v) is 7.56. The van der Waals surface area contributed by atoms with Crippen molar-refractivity contribution in [1.29, 1.82) is 0 Å². The number of hydrogen-bond acceptors (Lipinski definition) is 5. The summed E-state index contributed by atoms with van der Waals surface area (Å²) in [6, 6.07) is 1.94. The summed E-state index contributed by atoms with van der Waals surface area (Å²) in [7, 11) is 0. The van der Waals surface area contributed by atoms with Gasteiger partial charge in [0.1, 0.15) is 23.0 Å².